The van der Waals surface area contributed by atoms with Gasteiger partial charge in [0.05, 0.1) is 0 Å². The number of nitrogen functional groups attached to an aromatic ring is 1. The molecule has 0 aromatic carbocycles. The summed E-state index contributed by atoms with van der Waals surface area (Å²) in [5.74, 6) is 9.43. The monoisotopic (exact) mass is 261 g/mol. The number of nitrogens with two attached hydrogens (primary N) is 1. The second kappa shape index (κ2) is 4.96. The molecule has 1 aromatic heterocycles. The lowest BCUT2D eigenvalue weighted by molar-refractivity contribution is 0.304. The third-order valence-corrected chi connectivity index (χ3v) is 4.90. The van der Waals surface area contributed by atoms with E-state index in [0.29, 0.717) is 12.0 Å². The Morgan fingerprint density at radius 2 is 2.21 bits per heavy atom. The van der Waals surface area contributed by atoms with Crippen LogP contribution in [0.5, 0.6) is 0 Å². The maximum atomic E-state index is 5.37. The van der Waals surface area contributed by atoms with Crippen molar-refractivity contribution in [1.29, 1.82) is 0 Å². The molecule has 0 spiro atoms. The summed E-state index contributed by atoms with van der Waals surface area (Å²) in [4.78, 5) is 8.52. The first-order valence-electron chi connectivity index (χ1n) is 7.24. The fourth-order valence-electron chi connectivity index (χ4n) is 3.89. The number of aryl methyl sites for hydroxylation is 1. The summed E-state index contributed by atoms with van der Waals surface area (Å²) in [6.07, 6.45) is 7.49. The SMILES string of the molecule is Cc1cnc(NN)nc1NC(C)C1CC2CCC1C2. The van der Waals surface area contributed by atoms with Crippen molar-refractivity contribution < 1.29 is 0 Å². The smallest absolute Gasteiger partial charge is 0.239 e. The molecule has 2 saturated carbocycles. The van der Waals surface area contributed by atoms with Gasteiger partial charge in [-0.2, -0.15) is 4.98 Å². The zero-order chi connectivity index (χ0) is 13.4. The minimum atomic E-state index is 0.466. The Morgan fingerprint density at radius 3 is 2.84 bits per heavy atom. The molecular formula is C14H23N5. The lowest BCUT2D eigenvalue weighted by Gasteiger charge is -2.29. The van der Waals surface area contributed by atoms with Gasteiger partial charge in [0.1, 0.15) is 5.82 Å². The lowest BCUT2D eigenvalue weighted by atomic mass is 9.84. The van der Waals surface area contributed by atoms with Crippen LogP contribution >= 0.6 is 0 Å². The van der Waals surface area contributed by atoms with Gasteiger partial charge in [-0.05, 0) is 50.9 Å². The molecule has 5 nitrogen and oxygen atoms in total. The molecule has 0 amide bonds. The van der Waals surface area contributed by atoms with Crippen LogP contribution in [0.2, 0.25) is 0 Å². The van der Waals surface area contributed by atoms with E-state index in [9.17, 15) is 0 Å². The fourth-order valence-corrected chi connectivity index (χ4v) is 3.89. The van der Waals surface area contributed by atoms with Gasteiger partial charge < -0.3 is 5.32 Å². The summed E-state index contributed by atoms with van der Waals surface area (Å²) in [7, 11) is 0. The van der Waals surface area contributed by atoms with Crippen molar-refractivity contribution in [2.75, 3.05) is 10.7 Å². The highest BCUT2D eigenvalue weighted by atomic mass is 15.3. The average molecular weight is 261 g/mol. The van der Waals surface area contributed by atoms with Crippen molar-refractivity contribution >= 4 is 11.8 Å². The number of fused-ring (bicyclic) bond motifs is 2. The molecule has 5 heteroatoms. The first-order chi connectivity index (χ1) is 9.17. The Hall–Kier alpha value is -1.36. The van der Waals surface area contributed by atoms with E-state index in [1.807, 2.05) is 6.92 Å². The van der Waals surface area contributed by atoms with Crippen LogP contribution in [0.1, 0.15) is 38.2 Å². The van der Waals surface area contributed by atoms with Crippen molar-refractivity contribution in [3.8, 4) is 0 Å². The van der Waals surface area contributed by atoms with Crippen LogP contribution in [-0.2, 0) is 0 Å². The predicted octanol–water partition coefficient (Wildman–Crippen LogP) is 2.31. The van der Waals surface area contributed by atoms with Crippen LogP contribution in [-0.4, -0.2) is 16.0 Å². The van der Waals surface area contributed by atoms with Gasteiger partial charge in [-0.3, -0.25) is 5.43 Å². The molecule has 4 N–H and O–H groups in total. The van der Waals surface area contributed by atoms with E-state index in [1.54, 1.807) is 6.20 Å². The van der Waals surface area contributed by atoms with Crippen LogP contribution < -0.4 is 16.6 Å². The van der Waals surface area contributed by atoms with E-state index >= 15 is 0 Å². The third-order valence-electron chi connectivity index (χ3n) is 4.90. The Balaban J connectivity index is 1.70. The standard InChI is InChI=1S/C14H23N5/c1-8-7-16-14(19-15)18-13(8)17-9(2)12-6-10-3-4-11(12)5-10/h7,9-12H,3-6,15H2,1-2H3,(H2,16,17,18,19). The molecule has 3 rings (SSSR count). The van der Waals surface area contributed by atoms with Crippen molar-refractivity contribution in [3.05, 3.63) is 11.8 Å². The second-order valence-corrected chi connectivity index (χ2v) is 6.14. The minimum absolute atomic E-state index is 0.466. The van der Waals surface area contributed by atoms with E-state index in [2.05, 4.69) is 27.6 Å². The number of nitrogens with one attached hydrogen (secondary N) is 2. The summed E-state index contributed by atoms with van der Waals surface area (Å²) in [6, 6.07) is 0.467. The number of hydrogen-bond acceptors (Lipinski definition) is 5. The highest BCUT2D eigenvalue weighted by Gasteiger charge is 2.41. The Labute approximate surface area is 114 Å². The zero-order valence-electron chi connectivity index (χ0n) is 11.7. The van der Waals surface area contributed by atoms with E-state index in [-0.39, 0.29) is 0 Å². The number of hydrogen-bond donors (Lipinski definition) is 3. The van der Waals surface area contributed by atoms with Crippen LogP contribution in [0.3, 0.4) is 0 Å². The molecule has 2 bridgehead atoms. The summed E-state index contributed by atoms with van der Waals surface area (Å²) in [5, 5.41) is 3.57. The Morgan fingerprint density at radius 1 is 1.37 bits per heavy atom. The van der Waals surface area contributed by atoms with Crippen molar-refractivity contribution in [3.63, 3.8) is 0 Å². The summed E-state index contributed by atoms with van der Waals surface area (Å²) in [6.45, 7) is 4.30. The third kappa shape index (κ3) is 2.39. The van der Waals surface area contributed by atoms with E-state index in [1.165, 1.54) is 25.7 Å². The van der Waals surface area contributed by atoms with Crippen LogP contribution in [0.4, 0.5) is 11.8 Å². The molecule has 2 aliphatic carbocycles. The molecular weight excluding hydrogens is 238 g/mol. The number of rotatable bonds is 4. The highest BCUT2D eigenvalue weighted by molar-refractivity contribution is 5.46. The lowest BCUT2D eigenvalue weighted by Crippen LogP contribution is -2.30. The largest absolute Gasteiger partial charge is 0.367 e. The number of nitrogens with zero attached hydrogens (tertiary/aromatic N) is 2. The first kappa shape index (κ1) is 12.7. The second-order valence-electron chi connectivity index (χ2n) is 6.14. The van der Waals surface area contributed by atoms with Crippen molar-refractivity contribution in [1.82, 2.24) is 9.97 Å². The molecule has 0 radical (unpaired) electrons. The van der Waals surface area contributed by atoms with Gasteiger partial charge in [0.2, 0.25) is 5.95 Å². The fraction of sp³-hybridized carbons (Fsp3) is 0.714. The average Bonchev–Trinajstić information content (AvgIpc) is 3.03. The highest BCUT2D eigenvalue weighted by Crippen LogP contribution is 2.49. The number of anilines is 2. The van der Waals surface area contributed by atoms with Crippen LogP contribution in [0, 0.1) is 24.7 Å². The van der Waals surface area contributed by atoms with E-state index < -0.39 is 0 Å². The molecule has 1 heterocycles. The van der Waals surface area contributed by atoms with Gasteiger partial charge >= 0.3 is 0 Å². The normalized spacial score (nSPS) is 30.4. The zero-order valence-corrected chi connectivity index (χ0v) is 11.7. The van der Waals surface area contributed by atoms with E-state index in [4.69, 9.17) is 5.84 Å². The summed E-state index contributed by atoms with van der Waals surface area (Å²) < 4.78 is 0. The van der Waals surface area contributed by atoms with E-state index in [0.717, 1.165) is 29.1 Å². The van der Waals surface area contributed by atoms with Gasteiger partial charge in [0.15, 0.2) is 0 Å². The van der Waals surface area contributed by atoms with Crippen LogP contribution in [0.15, 0.2) is 6.20 Å². The molecule has 104 valence electrons. The molecule has 19 heavy (non-hydrogen) atoms. The number of hydrazine groups is 1. The molecule has 1 aromatic rings. The van der Waals surface area contributed by atoms with Gasteiger partial charge in [0.25, 0.3) is 0 Å². The molecule has 2 aliphatic rings. The molecule has 0 saturated heterocycles. The quantitative estimate of drug-likeness (QED) is 0.573. The Bertz CT molecular complexity index is 461. The maximum absolute atomic E-state index is 5.37. The summed E-state index contributed by atoms with van der Waals surface area (Å²) >= 11 is 0. The summed E-state index contributed by atoms with van der Waals surface area (Å²) in [5.41, 5.74) is 3.57. The topological polar surface area (TPSA) is 75.9 Å². The van der Waals surface area contributed by atoms with Gasteiger partial charge in [0, 0.05) is 17.8 Å². The minimum Gasteiger partial charge on any atom is -0.367 e. The molecule has 4 atom stereocenters. The van der Waals surface area contributed by atoms with Gasteiger partial charge in [-0.1, -0.05) is 6.42 Å². The van der Waals surface area contributed by atoms with Crippen LogP contribution in [0.25, 0.3) is 0 Å². The first-order valence-corrected chi connectivity index (χ1v) is 7.24. The van der Waals surface area contributed by atoms with Gasteiger partial charge in [-0.25, -0.2) is 10.8 Å². The van der Waals surface area contributed by atoms with Gasteiger partial charge in [-0.15, -0.1) is 0 Å². The predicted molar refractivity (Wildman–Crippen MR) is 76.6 cm³/mol. The maximum Gasteiger partial charge on any atom is 0.239 e. The van der Waals surface area contributed by atoms with Crippen molar-refractivity contribution in [2.24, 2.45) is 23.6 Å². The Kier molecular flexibility index (Phi) is 3.31. The number of aromatic nitrogens is 2. The molecule has 4 unspecified atom stereocenters. The van der Waals surface area contributed by atoms with Crippen molar-refractivity contribution in [2.45, 2.75) is 45.6 Å². The molecule has 0 aliphatic heterocycles. The molecule has 2 fully saturated rings.